The van der Waals surface area contributed by atoms with Crippen LogP contribution in [0.5, 0.6) is 0 Å². The number of aromatic nitrogens is 16. The highest BCUT2D eigenvalue weighted by Crippen LogP contribution is 2.31. The van der Waals surface area contributed by atoms with Crippen molar-refractivity contribution in [2.24, 2.45) is 0 Å². The molecule has 22 nitrogen and oxygen atoms in total. The molecule has 0 aliphatic carbocycles. The third kappa shape index (κ3) is 14.3. The number of carbonyl (C=O) groups is 3. The Kier molecular flexibility index (Phi) is 17.8. The van der Waals surface area contributed by atoms with Gasteiger partial charge in [0.15, 0.2) is 16.9 Å². The maximum absolute atomic E-state index is 12.7. The third-order valence-corrected chi connectivity index (χ3v) is 16.3. The first-order chi connectivity index (χ1) is 41.1. The van der Waals surface area contributed by atoms with Gasteiger partial charge < -0.3 is 20.9 Å². The molecular formula is C58H47N19O3S4. The molecule has 7 N–H and O–H groups in total. The van der Waals surface area contributed by atoms with Crippen LogP contribution in [0.2, 0.25) is 0 Å². The predicted octanol–water partition coefficient (Wildman–Crippen LogP) is 11.6. The quantitative estimate of drug-likeness (QED) is 0.0349. The van der Waals surface area contributed by atoms with Gasteiger partial charge in [-0.05, 0) is 91.2 Å². The van der Waals surface area contributed by atoms with Crippen molar-refractivity contribution in [3.63, 3.8) is 0 Å². The number of aromatic amines is 4. The number of anilines is 3. The topological polar surface area (TPSA) is 305 Å². The number of nitrogens with one attached hydrogen (secondary N) is 7. The minimum atomic E-state index is -0.239. The monoisotopic (exact) mass is 1190 g/mol. The number of aryl methyl sites for hydroxylation is 2. The minimum Gasteiger partial charge on any atom is -0.341 e. The van der Waals surface area contributed by atoms with E-state index < -0.39 is 0 Å². The lowest BCUT2D eigenvalue weighted by atomic mass is 10.1. The molecule has 0 radical (unpaired) electrons. The van der Waals surface area contributed by atoms with Crippen LogP contribution in [-0.2, 0) is 17.3 Å². The zero-order chi connectivity index (χ0) is 57.6. The molecule has 4 aromatic carbocycles. The summed E-state index contributed by atoms with van der Waals surface area (Å²) in [5, 5.41) is 37.2. The van der Waals surface area contributed by atoms with Gasteiger partial charge in [-0.1, -0.05) is 53.6 Å². The van der Waals surface area contributed by atoms with Crippen molar-refractivity contribution in [2.45, 2.75) is 46.2 Å². The first kappa shape index (κ1) is 55.9. The smallest absolute Gasteiger partial charge is 0.275 e. The molecule has 0 unspecified atom stereocenters. The van der Waals surface area contributed by atoms with Gasteiger partial charge >= 0.3 is 0 Å². The first-order valence-electron chi connectivity index (χ1n) is 25.6. The molecule has 9 heterocycles. The second kappa shape index (κ2) is 26.7. The number of amides is 3. The van der Waals surface area contributed by atoms with Crippen LogP contribution in [-0.4, -0.2) is 98.2 Å². The predicted molar refractivity (Wildman–Crippen MR) is 327 cm³/mol. The number of benzene rings is 4. The Morgan fingerprint density at radius 2 is 0.976 bits per heavy atom. The summed E-state index contributed by atoms with van der Waals surface area (Å²) in [6, 6.07) is 32.9. The number of rotatable bonds is 16. The maximum Gasteiger partial charge on any atom is 0.275 e. The van der Waals surface area contributed by atoms with Gasteiger partial charge in [0.2, 0.25) is 0 Å². The molecule has 0 aliphatic heterocycles. The molecule has 26 heteroatoms. The van der Waals surface area contributed by atoms with Crippen molar-refractivity contribution in [2.75, 3.05) is 16.0 Å². The summed E-state index contributed by atoms with van der Waals surface area (Å²) in [7, 11) is 0. The van der Waals surface area contributed by atoms with E-state index in [1.54, 1.807) is 71.6 Å². The Balaban J connectivity index is 0.000000132. The maximum atomic E-state index is 12.7. The fraction of sp³-hybridized carbons (Fsp3) is 0.0862. The fourth-order valence-corrected chi connectivity index (χ4v) is 11.9. The molecule has 0 atom stereocenters. The van der Waals surface area contributed by atoms with Crippen molar-refractivity contribution in [3.8, 4) is 10.6 Å². The van der Waals surface area contributed by atoms with Gasteiger partial charge in [0.05, 0.1) is 47.3 Å². The number of hydrogen-bond donors (Lipinski definition) is 7. The average molecular weight is 1190 g/mol. The summed E-state index contributed by atoms with van der Waals surface area (Å²) in [6.07, 6.45) is 16.1. The molecule has 0 aliphatic rings. The standard InChI is InChI=1S/C21H15N7OS2.C21H19N5OS.C16H13N7OS/c29-19(17-11-31-20(27-17)14-4-6-22-7-5-14)26-15-3-1-2-13(8-15)10-30-21-16-9-25-28-18(16)23-12-24-21;1-13-6-14(2)8-16(7-13)20(27)25-17-5-3-4-15(9-17)11-28-21-18-10-24-26-19(18)22-12-23-21;24-15(13-6-17-8-18-13)22-11-3-1-2-10(4-11)7-25-16-12-5-21-23-14(12)19-9-20-16/h1-9,11-12H,10H2,(H,26,29)(H,23,24,25,28);3-10,12H,11H2,1-2H3,(H,25,27)(H,22,23,24,26);1-6,8-9H,7H2,(H,17,18)(H,22,24)(H,19,20,21,23). The SMILES string of the molecule is Cc1cc(C)cc(C(=O)Nc2cccc(CSc3ncnc4[nH]ncc34)c2)c1.O=C(Nc1cccc(CSc2ncnc3[nH]ncc23)c1)c1cnc[nH]1.O=C(Nc1cccc(CSc2ncnc3[nH]ncc23)c1)c1csc(-c2ccncc2)n1. The summed E-state index contributed by atoms with van der Waals surface area (Å²) in [5.41, 5.74) is 12.2. The number of carbonyl (C=O) groups excluding carboxylic acids is 3. The van der Waals surface area contributed by atoms with E-state index >= 15 is 0 Å². The Bertz CT molecular complexity index is 4380. The van der Waals surface area contributed by atoms with Gasteiger partial charge in [-0.2, -0.15) is 15.3 Å². The van der Waals surface area contributed by atoms with E-state index in [-0.39, 0.29) is 17.7 Å². The van der Waals surface area contributed by atoms with E-state index in [1.165, 1.54) is 42.8 Å². The number of nitrogens with zero attached hydrogens (tertiary/aromatic N) is 12. The van der Waals surface area contributed by atoms with E-state index in [2.05, 4.69) is 102 Å². The highest BCUT2D eigenvalue weighted by Gasteiger charge is 2.15. The number of pyridine rings is 1. The Hall–Kier alpha value is -10.0. The van der Waals surface area contributed by atoms with Gasteiger partial charge in [-0.15, -0.1) is 46.6 Å². The molecule has 416 valence electrons. The summed E-state index contributed by atoms with van der Waals surface area (Å²) < 4.78 is 0. The van der Waals surface area contributed by atoms with Gasteiger partial charge in [0.1, 0.15) is 50.5 Å². The van der Waals surface area contributed by atoms with E-state index in [0.29, 0.717) is 34.1 Å². The number of H-pyrrole nitrogens is 4. The largest absolute Gasteiger partial charge is 0.341 e. The van der Waals surface area contributed by atoms with Gasteiger partial charge in [-0.3, -0.25) is 34.7 Å². The van der Waals surface area contributed by atoms with Gasteiger partial charge in [0.25, 0.3) is 17.7 Å². The second-order valence-corrected chi connectivity index (χ2v) is 22.1. The van der Waals surface area contributed by atoms with Crippen LogP contribution in [0.3, 0.4) is 0 Å². The Morgan fingerprint density at radius 1 is 0.512 bits per heavy atom. The van der Waals surface area contributed by atoms with Crippen molar-refractivity contribution in [3.05, 3.63) is 216 Å². The third-order valence-electron chi connectivity index (χ3n) is 12.2. The normalized spacial score (nSPS) is 10.9. The number of thioether (sulfide) groups is 3. The second-order valence-electron chi connectivity index (χ2n) is 18.4. The van der Waals surface area contributed by atoms with Crippen LogP contribution in [0, 0.1) is 13.8 Å². The summed E-state index contributed by atoms with van der Waals surface area (Å²) in [4.78, 5) is 77.8. The number of imidazole rings is 1. The highest BCUT2D eigenvalue weighted by molar-refractivity contribution is 7.99. The summed E-state index contributed by atoms with van der Waals surface area (Å²) in [5.74, 6) is 1.57. The first-order valence-corrected chi connectivity index (χ1v) is 29.4. The van der Waals surface area contributed by atoms with Gasteiger partial charge in [-0.25, -0.2) is 39.9 Å². The minimum absolute atomic E-state index is 0.104. The van der Waals surface area contributed by atoms with Crippen LogP contribution < -0.4 is 16.0 Å². The fourth-order valence-electron chi connectivity index (χ4n) is 8.33. The molecule has 9 aromatic heterocycles. The van der Waals surface area contributed by atoms with Crippen molar-refractivity contribution < 1.29 is 14.4 Å². The van der Waals surface area contributed by atoms with Crippen LogP contribution >= 0.6 is 46.6 Å². The lowest BCUT2D eigenvalue weighted by Crippen LogP contribution is -2.12. The van der Waals surface area contributed by atoms with E-state index in [9.17, 15) is 14.4 Å². The van der Waals surface area contributed by atoms with Crippen LogP contribution in [0.4, 0.5) is 17.1 Å². The van der Waals surface area contributed by atoms with E-state index in [4.69, 9.17) is 0 Å². The molecule has 0 fully saturated rings. The van der Waals surface area contributed by atoms with Crippen LogP contribution in [0.15, 0.2) is 186 Å². The van der Waals surface area contributed by atoms with Crippen molar-refractivity contribution in [1.29, 1.82) is 0 Å². The zero-order valence-corrected chi connectivity index (χ0v) is 47.8. The van der Waals surface area contributed by atoms with Gasteiger partial charge in [0, 0.05) is 63.2 Å². The highest BCUT2D eigenvalue weighted by atomic mass is 32.2. The molecule has 13 aromatic rings. The van der Waals surface area contributed by atoms with Crippen molar-refractivity contribution in [1.82, 2.24) is 80.4 Å². The number of thiazole rings is 1. The summed E-state index contributed by atoms with van der Waals surface area (Å²) >= 11 is 6.23. The average Bonchev–Trinajstić information content (AvgIpc) is 4.48. The molecule has 3 amide bonds. The lowest BCUT2D eigenvalue weighted by Gasteiger charge is -2.09. The lowest BCUT2D eigenvalue weighted by molar-refractivity contribution is 0.101. The van der Waals surface area contributed by atoms with Crippen LogP contribution in [0.1, 0.15) is 59.2 Å². The van der Waals surface area contributed by atoms with Crippen LogP contribution in [0.25, 0.3) is 43.7 Å². The molecule has 13 rings (SSSR count). The molecule has 0 spiro atoms. The van der Waals surface area contributed by atoms with Crippen molar-refractivity contribution >= 4 is 115 Å². The molecule has 0 bridgehead atoms. The number of fused-ring (bicyclic) bond motifs is 3. The zero-order valence-electron chi connectivity index (χ0n) is 44.5. The van der Waals surface area contributed by atoms with E-state index in [1.807, 2.05) is 111 Å². The number of hydrogen-bond acceptors (Lipinski definition) is 19. The van der Waals surface area contributed by atoms with E-state index in [0.717, 1.165) is 104 Å². The summed E-state index contributed by atoms with van der Waals surface area (Å²) in [6.45, 7) is 3.98. The molecule has 0 saturated heterocycles. The Labute approximate surface area is 494 Å². The Morgan fingerprint density at radius 3 is 1.44 bits per heavy atom. The molecular weight excluding hydrogens is 1140 g/mol. The molecule has 84 heavy (non-hydrogen) atoms. The molecule has 0 saturated carbocycles.